The Balaban J connectivity index is 1.48. The third-order valence-corrected chi connectivity index (χ3v) is 4.58. The molecule has 0 bridgehead atoms. The number of nitroso groups, excluding NO2 is 1. The maximum Gasteiger partial charge on any atom is 0.355 e. The van der Waals surface area contributed by atoms with E-state index in [1.807, 2.05) is 54.6 Å². The number of nitrogens with two attached hydrogens (primary N) is 1. The number of hydrazine groups is 1. The van der Waals surface area contributed by atoms with Crippen molar-refractivity contribution in [3.63, 3.8) is 0 Å². The molecule has 0 aliphatic carbocycles. The van der Waals surface area contributed by atoms with Crippen LogP contribution in [0.1, 0.15) is 11.4 Å². The lowest BCUT2D eigenvalue weighted by Crippen LogP contribution is -2.26. The minimum absolute atomic E-state index is 0.0749. The van der Waals surface area contributed by atoms with Gasteiger partial charge in [0.05, 0.1) is 23.0 Å². The van der Waals surface area contributed by atoms with Crippen LogP contribution in [-0.4, -0.2) is 19.8 Å². The predicted molar refractivity (Wildman–Crippen MR) is 115 cm³/mol. The highest BCUT2D eigenvalue weighted by molar-refractivity contribution is 5.76. The van der Waals surface area contributed by atoms with Crippen LogP contribution in [0, 0.1) is 4.91 Å². The number of nitrogens with zero attached hydrogens (tertiary/aromatic N) is 3. The Morgan fingerprint density at radius 2 is 1.80 bits per heavy atom. The highest BCUT2D eigenvalue weighted by atomic mass is 16.3. The molecule has 0 aliphatic heterocycles. The summed E-state index contributed by atoms with van der Waals surface area (Å²) in [7, 11) is 0. The highest BCUT2D eigenvalue weighted by Crippen LogP contribution is 2.19. The Bertz CT molecular complexity index is 1280. The molecule has 8 heteroatoms. The average Bonchev–Trinajstić information content (AvgIpc) is 2.79. The molecular weight excluding hydrogens is 380 g/mol. The van der Waals surface area contributed by atoms with Crippen molar-refractivity contribution in [2.45, 2.75) is 6.54 Å². The summed E-state index contributed by atoms with van der Waals surface area (Å²) in [6.07, 6.45) is 5.52. The molecule has 0 spiro atoms. The second-order valence-corrected chi connectivity index (χ2v) is 6.54. The predicted octanol–water partition coefficient (Wildman–Crippen LogP) is 3.03. The van der Waals surface area contributed by atoms with Crippen molar-refractivity contribution in [1.82, 2.24) is 20.4 Å². The zero-order valence-corrected chi connectivity index (χ0v) is 15.9. The zero-order valence-electron chi connectivity index (χ0n) is 15.9. The summed E-state index contributed by atoms with van der Waals surface area (Å²) in [5, 5.41) is 0.219. The first kappa shape index (κ1) is 19.0. The van der Waals surface area contributed by atoms with Gasteiger partial charge < -0.3 is 10.7 Å². The van der Waals surface area contributed by atoms with Gasteiger partial charge in [0.2, 0.25) is 0 Å². The van der Waals surface area contributed by atoms with E-state index >= 15 is 0 Å². The minimum Gasteiger partial charge on any atom is -0.404 e. The van der Waals surface area contributed by atoms with E-state index < -0.39 is 5.43 Å². The Morgan fingerprint density at radius 1 is 1.07 bits per heavy atom. The second kappa shape index (κ2) is 8.36. The van der Waals surface area contributed by atoms with Crippen LogP contribution in [0.5, 0.6) is 0 Å². The third kappa shape index (κ3) is 3.93. The normalized spacial score (nSPS) is 11.1. The molecule has 4 rings (SSSR count). The molecule has 0 unspecified atom stereocenters. The van der Waals surface area contributed by atoms with E-state index in [0.29, 0.717) is 16.3 Å². The smallest absolute Gasteiger partial charge is 0.355 e. The lowest BCUT2D eigenvalue weighted by molar-refractivity contribution is -0.532. The Hall–Kier alpha value is -4.33. The van der Waals surface area contributed by atoms with Crippen molar-refractivity contribution in [2.75, 3.05) is 0 Å². The Labute approximate surface area is 171 Å². The highest BCUT2D eigenvalue weighted by Gasteiger charge is 2.21. The van der Waals surface area contributed by atoms with Gasteiger partial charge in [-0.05, 0) is 29.0 Å². The van der Waals surface area contributed by atoms with Gasteiger partial charge in [-0.3, -0.25) is 4.79 Å². The maximum absolute atomic E-state index is 12.6. The maximum atomic E-state index is 12.6. The molecule has 4 N–H and O–H groups in total. The first-order valence-electron chi connectivity index (χ1n) is 9.27. The molecule has 30 heavy (non-hydrogen) atoms. The van der Waals surface area contributed by atoms with Crippen LogP contribution in [0.25, 0.3) is 28.2 Å². The molecule has 0 amide bonds. The number of fused-ring (bicyclic) bond motifs is 1. The van der Waals surface area contributed by atoms with Gasteiger partial charge >= 0.3 is 5.69 Å². The number of hydrogen-bond acceptors (Lipinski definition) is 5. The summed E-state index contributed by atoms with van der Waals surface area (Å²) in [6, 6.07) is 17.9. The number of aromatic nitrogens is 3. The van der Waals surface area contributed by atoms with Gasteiger partial charge in [0, 0.05) is 6.20 Å². The van der Waals surface area contributed by atoms with Crippen LogP contribution in [0.15, 0.2) is 78.0 Å². The van der Waals surface area contributed by atoms with Crippen LogP contribution in [0.3, 0.4) is 0 Å². The molecule has 4 aromatic rings. The number of hydrogen-bond donors (Lipinski definition) is 3. The van der Waals surface area contributed by atoms with E-state index in [4.69, 9.17) is 5.73 Å². The number of pyridine rings is 1. The summed E-state index contributed by atoms with van der Waals surface area (Å²) in [5.74, 6) is 0.365. The average molecular weight is 399 g/mol. The first-order valence-corrected chi connectivity index (χ1v) is 9.27. The number of nitrogens with one attached hydrogen (secondary N) is 2. The molecule has 2 heterocycles. The largest absolute Gasteiger partial charge is 0.404 e. The van der Waals surface area contributed by atoms with Crippen molar-refractivity contribution in [1.29, 1.82) is 0 Å². The van der Waals surface area contributed by atoms with E-state index in [-0.39, 0.29) is 17.6 Å². The van der Waals surface area contributed by atoms with Gasteiger partial charge in [0.25, 0.3) is 5.43 Å². The fourth-order valence-corrected chi connectivity index (χ4v) is 3.02. The third-order valence-electron chi connectivity index (χ3n) is 4.58. The lowest BCUT2D eigenvalue weighted by Gasteiger charge is -2.03. The molecule has 0 fully saturated rings. The van der Waals surface area contributed by atoms with Crippen LogP contribution in [-0.2, 0) is 6.54 Å². The summed E-state index contributed by atoms with van der Waals surface area (Å²) < 4.78 is 0. The van der Waals surface area contributed by atoms with Crippen molar-refractivity contribution < 1.29 is 4.87 Å². The van der Waals surface area contributed by atoms with E-state index in [0.717, 1.165) is 16.7 Å². The fourth-order valence-electron chi connectivity index (χ4n) is 3.02. The molecule has 8 nitrogen and oxygen atoms in total. The topological polar surface area (TPSA) is 117 Å². The van der Waals surface area contributed by atoms with Gasteiger partial charge in [-0.25, -0.2) is 9.97 Å². The SMILES string of the molecule is N/C=C\c1ncc2c(=O)c([N+](=O)NCc3ccc(-c4ccccc4)cc3)c[nH]c2n1. The number of rotatable bonds is 6. The molecule has 0 aliphatic rings. The van der Waals surface area contributed by atoms with Crippen LogP contribution >= 0.6 is 0 Å². The van der Waals surface area contributed by atoms with Gasteiger partial charge in [0.15, 0.2) is 10.7 Å². The summed E-state index contributed by atoms with van der Waals surface area (Å²) in [5.41, 5.74) is 10.9. The van der Waals surface area contributed by atoms with Gasteiger partial charge in [-0.1, -0.05) is 54.6 Å². The van der Waals surface area contributed by atoms with E-state index in [9.17, 15) is 9.70 Å². The fraction of sp³-hybridized carbons (Fsp3) is 0.0455. The Morgan fingerprint density at radius 3 is 2.53 bits per heavy atom. The molecule has 0 saturated carbocycles. The standard InChI is InChI=1S/C22H18N6O2/c23-11-10-20-24-13-18-21(29)19(14-25-22(18)27-20)28(30)26-12-15-6-8-17(9-7-15)16-4-2-1-3-5-16/h1-11,13-14H,12H2,(H3-,23,24,25,26,27,29,30)/p+1. The lowest BCUT2D eigenvalue weighted by atomic mass is 10.0. The molecule has 2 aromatic carbocycles. The van der Waals surface area contributed by atoms with Gasteiger partial charge in [-0.15, -0.1) is 5.43 Å². The molecule has 0 saturated heterocycles. The van der Waals surface area contributed by atoms with Crippen LogP contribution in [0.4, 0.5) is 5.69 Å². The first-order chi connectivity index (χ1) is 14.7. The molecule has 148 valence electrons. The summed E-state index contributed by atoms with van der Waals surface area (Å²) in [6.45, 7) is 0.271. The molecule has 2 aromatic heterocycles. The number of H-pyrrole nitrogens is 1. The van der Waals surface area contributed by atoms with Gasteiger partial charge in [0.1, 0.15) is 5.65 Å². The van der Waals surface area contributed by atoms with E-state index in [2.05, 4.69) is 20.4 Å². The van der Waals surface area contributed by atoms with Crippen molar-refractivity contribution in [2.24, 2.45) is 5.73 Å². The van der Waals surface area contributed by atoms with Crippen molar-refractivity contribution in [3.05, 3.63) is 99.7 Å². The number of aromatic amines is 1. The van der Waals surface area contributed by atoms with Crippen LogP contribution < -0.4 is 16.6 Å². The molecule has 0 atom stereocenters. The number of benzene rings is 2. The quantitative estimate of drug-likeness (QED) is 0.339. The van der Waals surface area contributed by atoms with Crippen molar-refractivity contribution in [3.8, 4) is 11.1 Å². The molecule has 0 radical (unpaired) electrons. The van der Waals surface area contributed by atoms with E-state index in [1.54, 1.807) is 0 Å². The van der Waals surface area contributed by atoms with Crippen molar-refractivity contribution >= 4 is 22.8 Å². The summed E-state index contributed by atoms with van der Waals surface area (Å²) >= 11 is 0. The van der Waals surface area contributed by atoms with Gasteiger partial charge in [-0.2, -0.15) is 0 Å². The minimum atomic E-state index is -0.464. The molecular formula is C22H19N6O2+. The van der Waals surface area contributed by atoms with Crippen LogP contribution in [0.2, 0.25) is 0 Å². The monoisotopic (exact) mass is 399 g/mol. The van der Waals surface area contributed by atoms with E-state index in [1.165, 1.54) is 24.7 Å². The summed E-state index contributed by atoms with van der Waals surface area (Å²) in [4.78, 5) is 36.6. The second-order valence-electron chi connectivity index (χ2n) is 6.54. The Kier molecular flexibility index (Phi) is 5.29. The zero-order chi connectivity index (χ0) is 20.9.